The predicted molar refractivity (Wildman–Crippen MR) is 95.1 cm³/mol. The molecule has 0 aliphatic rings. The summed E-state index contributed by atoms with van der Waals surface area (Å²) in [5.74, 6) is 2.42. The lowest BCUT2D eigenvalue weighted by atomic mass is 10.3. The fraction of sp³-hybridized carbons (Fsp3) is 0.125. The van der Waals surface area contributed by atoms with Crippen LogP contribution in [0.15, 0.2) is 57.1 Å². The summed E-state index contributed by atoms with van der Waals surface area (Å²) in [7, 11) is 1.64. The average molecular weight is 371 g/mol. The first-order valence-electron chi connectivity index (χ1n) is 7.36. The lowest BCUT2D eigenvalue weighted by Crippen LogP contribution is -1.99. The molecule has 0 aliphatic carbocycles. The van der Waals surface area contributed by atoms with Gasteiger partial charge in [-0.3, -0.25) is 4.57 Å². The summed E-state index contributed by atoms with van der Waals surface area (Å²) in [5.41, 5.74) is 1.82. The second kappa shape index (κ2) is 7.08. The van der Waals surface area contributed by atoms with Crippen LogP contribution in [0.3, 0.4) is 0 Å². The molecule has 0 spiro atoms. The first kappa shape index (κ1) is 15.9. The molecule has 0 radical (unpaired) electrons. The molecule has 0 saturated heterocycles. The summed E-state index contributed by atoms with van der Waals surface area (Å²) in [6.45, 7) is 0. The SMILES string of the molecule is COc1ccccc1-n1cnnc1SCc1noc(-c2ccsc2)n1. The largest absolute Gasteiger partial charge is 0.495 e. The molecular weight excluding hydrogens is 358 g/mol. The molecule has 0 N–H and O–H groups in total. The van der Waals surface area contributed by atoms with Gasteiger partial charge in [0.2, 0.25) is 0 Å². The van der Waals surface area contributed by atoms with Crippen LogP contribution in [-0.2, 0) is 5.75 Å². The van der Waals surface area contributed by atoms with E-state index in [9.17, 15) is 0 Å². The Morgan fingerprint density at radius 2 is 2.20 bits per heavy atom. The van der Waals surface area contributed by atoms with Crippen LogP contribution in [0, 0.1) is 0 Å². The number of hydrogen-bond acceptors (Lipinski definition) is 8. The van der Waals surface area contributed by atoms with Crippen LogP contribution < -0.4 is 4.74 Å². The van der Waals surface area contributed by atoms with E-state index < -0.39 is 0 Å². The zero-order chi connectivity index (χ0) is 17.1. The lowest BCUT2D eigenvalue weighted by molar-refractivity contribution is 0.412. The van der Waals surface area contributed by atoms with Crippen molar-refractivity contribution in [3.05, 3.63) is 53.2 Å². The number of hydrogen-bond donors (Lipinski definition) is 0. The number of rotatable bonds is 6. The first-order valence-corrected chi connectivity index (χ1v) is 9.29. The van der Waals surface area contributed by atoms with E-state index in [0.717, 1.165) is 22.2 Å². The molecule has 0 fully saturated rings. The predicted octanol–water partition coefficient (Wildman–Crippen LogP) is 3.68. The highest BCUT2D eigenvalue weighted by atomic mass is 32.2. The highest BCUT2D eigenvalue weighted by Gasteiger charge is 2.14. The number of para-hydroxylation sites is 2. The van der Waals surface area contributed by atoms with Crippen LogP contribution in [0.25, 0.3) is 17.1 Å². The van der Waals surface area contributed by atoms with Gasteiger partial charge in [-0.1, -0.05) is 29.1 Å². The van der Waals surface area contributed by atoms with Gasteiger partial charge < -0.3 is 9.26 Å². The molecular formula is C16H13N5O2S2. The monoisotopic (exact) mass is 371 g/mol. The maximum Gasteiger partial charge on any atom is 0.258 e. The molecule has 25 heavy (non-hydrogen) atoms. The Morgan fingerprint density at radius 3 is 3.04 bits per heavy atom. The van der Waals surface area contributed by atoms with E-state index in [2.05, 4.69) is 20.3 Å². The molecule has 0 unspecified atom stereocenters. The third-order valence-corrected chi connectivity index (χ3v) is 5.05. The molecule has 0 bridgehead atoms. The van der Waals surface area contributed by atoms with Crippen molar-refractivity contribution >= 4 is 23.1 Å². The van der Waals surface area contributed by atoms with Crippen LogP contribution in [0.2, 0.25) is 0 Å². The molecule has 7 nitrogen and oxygen atoms in total. The fourth-order valence-corrected chi connectivity index (χ4v) is 3.66. The van der Waals surface area contributed by atoms with Crippen LogP contribution >= 0.6 is 23.1 Å². The normalized spacial score (nSPS) is 10.9. The van der Waals surface area contributed by atoms with E-state index >= 15 is 0 Å². The summed E-state index contributed by atoms with van der Waals surface area (Å²) >= 11 is 3.07. The number of aromatic nitrogens is 5. The van der Waals surface area contributed by atoms with Crippen LogP contribution in [0.4, 0.5) is 0 Å². The van der Waals surface area contributed by atoms with Crippen LogP contribution in [0.5, 0.6) is 5.75 Å². The quantitative estimate of drug-likeness (QED) is 0.478. The third kappa shape index (κ3) is 3.28. The van der Waals surface area contributed by atoms with E-state index in [1.54, 1.807) is 24.8 Å². The number of methoxy groups -OCH3 is 1. The van der Waals surface area contributed by atoms with Gasteiger partial charge in [0, 0.05) is 5.38 Å². The highest BCUT2D eigenvalue weighted by molar-refractivity contribution is 7.98. The molecule has 0 atom stereocenters. The van der Waals surface area contributed by atoms with Gasteiger partial charge in [0.25, 0.3) is 5.89 Å². The lowest BCUT2D eigenvalue weighted by Gasteiger charge is -2.10. The van der Waals surface area contributed by atoms with Gasteiger partial charge >= 0.3 is 0 Å². The average Bonchev–Trinajstić information content (AvgIpc) is 3.40. The van der Waals surface area contributed by atoms with Crippen molar-refractivity contribution in [2.24, 2.45) is 0 Å². The zero-order valence-electron chi connectivity index (χ0n) is 13.2. The van der Waals surface area contributed by atoms with Crippen molar-refractivity contribution in [2.75, 3.05) is 7.11 Å². The Kier molecular flexibility index (Phi) is 4.49. The van der Waals surface area contributed by atoms with Gasteiger partial charge in [-0.05, 0) is 23.6 Å². The number of thiophene rings is 1. The van der Waals surface area contributed by atoms with E-state index in [-0.39, 0.29) is 0 Å². The van der Waals surface area contributed by atoms with Gasteiger partial charge in [0.1, 0.15) is 12.1 Å². The standard InChI is InChI=1S/C16H13N5O2S2/c1-22-13-5-3-2-4-12(13)21-10-17-19-16(21)25-9-14-18-15(23-20-14)11-6-7-24-8-11/h2-8,10H,9H2,1H3. The fourth-order valence-electron chi connectivity index (χ4n) is 2.26. The minimum absolute atomic E-state index is 0.529. The van der Waals surface area contributed by atoms with Crippen molar-refractivity contribution in [3.8, 4) is 22.9 Å². The van der Waals surface area contributed by atoms with Crippen molar-refractivity contribution in [2.45, 2.75) is 10.9 Å². The van der Waals surface area contributed by atoms with Crippen molar-refractivity contribution in [1.82, 2.24) is 24.9 Å². The van der Waals surface area contributed by atoms with Crippen molar-refractivity contribution < 1.29 is 9.26 Å². The third-order valence-electron chi connectivity index (χ3n) is 3.43. The van der Waals surface area contributed by atoms with Crippen molar-refractivity contribution in [3.63, 3.8) is 0 Å². The van der Waals surface area contributed by atoms with Gasteiger partial charge in [-0.15, -0.1) is 10.2 Å². The Balaban J connectivity index is 1.52. The Morgan fingerprint density at radius 1 is 1.28 bits per heavy atom. The molecule has 0 amide bonds. The zero-order valence-corrected chi connectivity index (χ0v) is 14.8. The van der Waals surface area contributed by atoms with E-state index in [1.807, 2.05) is 45.7 Å². The first-order chi connectivity index (χ1) is 12.3. The summed E-state index contributed by atoms with van der Waals surface area (Å²) in [5, 5.41) is 16.9. The number of thioether (sulfide) groups is 1. The highest BCUT2D eigenvalue weighted by Crippen LogP contribution is 2.28. The van der Waals surface area contributed by atoms with Gasteiger partial charge in [0.05, 0.1) is 24.1 Å². The number of benzene rings is 1. The minimum Gasteiger partial charge on any atom is -0.495 e. The maximum absolute atomic E-state index is 5.41. The summed E-state index contributed by atoms with van der Waals surface area (Å²) < 4.78 is 12.6. The van der Waals surface area contributed by atoms with Crippen molar-refractivity contribution in [1.29, 1.82) is 0 Å². The topological polar surface area (TPSA) is 78.9 Å². The minimum atomic E-state index is 0.529. The van der Waals surface area contributed by atoms with E-state index in [1.165, 1.54) is 11.8 Å². The summed E-state index contributed by atoms with van der Waals surface area (Å²) in [6, 6.07) is 9.67. The molecule has 0 saturated carbocycles. The summed E-state index contributed by atoms with van der Waals surface area (Å²) in [6.07, 6.45) is 1.66. The molecule has 0 aliphatic heterocycles. The Hall–Kier alpha value is -2.65. The molecule has 3 aromatic heterocycles. The number of nitrogens with zero attached hydrogens (tertiary/aromatic N) is 5. The van der Waals surface area contributed by atoms with Gasteiger partial charge in [-0.25, -0.2) is 0 Å². The summed E-state index contributed by atoms with van der Waals surface area (Å²) in [4.78, 5) is 4.41. The van der Waals surface area contributed by atoms with E-state index in [0.29, 0.717) is 17.5 Å². The molecule has 1 aromatic carbocycles. The maximum atomic E-state index is 5.41. The van der Waals surface area contributed by atoms with Crippen LogP contribution in [0.1, 0.15) is 5.82 Å². The molecule has 4 aromatic rings. The van der Waals surface area contributed by atoms with Crippen LogP contribution in [-0.4, -0.2) is 32.0 Å². The van der Waals surface area contributed by atoms with E-state index in [4.69, 9.17) is 9.26 Å². The Bertz CT molecular complexity index is 965. The molecule has 4 rings (SSSR count). The van der Waals surface area contributed by atoms with Gasteiger partial charge in [-0.2, -0.15) is 16.3 Å². The molecule has 3 heterocycles. The smallest absolute Gasteiger partial charge is 0.258 e. The molecule has 126 valence electrons. The molecule has 9 heteroatoms. The van der Waals surface area contributed by atoms with Gasteiger partial charge in [0.15, 0.2) is 11.0 Å². The second-order valence-electron chi connectivity index (χ2n) is 4.97. The Labute approximate surface area is 151 Å². The number of ether oxygens (including phenoxy) is 1. The second-order valence-corrected chi connectivity index (χ2v) is 6.69.